The fraction of sp³-hybridized carbons (Fsp3) is 0.889. The highest BCUT2D eigenvalue weighted by molar-refractivity contribution is 5.76. The summed E-state index contributed by atoms with van der Waals surface area (Å²) in [5.74, 6) is -0.188. The molecule has 0 aromatic rings. The van der Waals surface area contributed by atoms with Gasteiger partial charge >= 0.3 is 0 Å². The van der Waals surface area contributed by atoms with Gasteiger partial charge in [0, 0.05) is 6.42 Å². The molecule has 424 valence electrons. The molecule has 1 amide bonds. The highest BCUT2D eigenvalue weighted by Crippen LogP contribution is 2.23. The lowest BCUT2D eigenvalue weighted by Crippen LogP contribution is -2.60. The van der Waals surface area contributed by atoms with E-state index in [4.69, 9.17) is 9.47 Å². The second kappa shape index (κ2) is 52.8. The summed E-state index contributed by atoms with van der Waals surface area (Å²) >= 11 is 0. The molecule has 0 bridgehead atoms. The van der Waals surface area contributed by atoms with Crippen molar-refractivity contribution in [1.29, 1.82) is 0 Å². The summed E-state index contributed by atoms with van der Waals surface area (Å²) in [6.45, 7) is 3.78. The lowest BCUT2D eigenvalue weighted by atomic mass is 9.99. The molecule has 0 saturated carbocycles. The standard InChI is InChI=1S/C63H119NO8/c1-3-5-7-9-11-13-15-17-19-21-22-23-24-25-26-27-28-29-30-31-32-33-34-35-36-37-38-40-42-44-46-48-50-52-57(66)56(55-71-63-62(70)61(69)60(68)58(54-65)72-63)64-59(67)53-51-49-47-45-43-41-39-20-18-16-14-12-10-8-6-4-2/h14,16,20,39,50,52,56-58,60-63,65-66,68-70H,3-13,15,17-19,21-38,40-49,51,53-55H2,1-2H3,(H,64,67)/b16-14-,39-20-,52-50+. The monoisotopic (exact) mass is 1020 g/mol. The number of hydrogen-bond acceptors (Lipinski definition) is 8. The zero-order valence-electron chi connectivity index (χ0n) is 47.2. The van der Waals surface area contributed by atoms with Crippen molar-refractivity contribution < 1.29 is 39.8 Å². The summed E-state index contributed by atoms with van der Waals surface area (Å²) in [5, 5.41) is 54.5. The number of unbranched alkanes of at least 4 members (excludes halogenated alkanes) is 40. The number of carbonyl (C=O) groups excluding carboxylic acids is 1. The van der Waals surface area contributed by atoms with E-state index in [-0.39, 0.29) is 12.5 Å². The Kier molecular flexibility index (Phi) is 50.2. The fourth-order valence-corrected chi connectivity index (χ4v) is 10.0. The molecule has 0 spiro atoms. The molecule has 1 aliphatic rings. The van der Waals surface area contributed by atoms with Crippen LogP contribution in [0.15, 0.2) is 36.5 Å². The Morgan fingerprint density at radius 2 is 0.819 bits per heavy atom. The average molecular weight is 1020 g/mol. The first kappa shape index (κ1) is 68.4. The fourth-order valence-electron chi connectivity index (χ4n) is 10.0. The van der Waals surface area contributed by atoms with E-state index in [1.54, 1.807) is 6.08 Å². The Bertz CT molecular complexity index is 1230. The molecular formula is C63H119NO8. The summed E-state index contributed by atoms with van der Waals surface area (Å²) in [6.07, 6.45) is 62.4. The molecule has 6 N–H and O–H groups in total. The third-order valence-electron chi connectivity index (χ3n) is 15.0. The van der Waals surface area contributed by atoms with Crippen LogP contribution in [0.4, 0.5) is 0 Å². The van der Waals surface area contributed by atoms with E-state index in [1.165, 1.54) is 218 Å². The number of aliphatic hydroxyl groups is 5. The number of amides is 1. The predicted molar refractivity (Wildman–Crippen MR) is 304 cm³/mol. The van der Waals surface area contributed by atoms with Gasteiger partial charge in [0.1, 0.15) is 24.4 Å². The molecule has 1 rings (SSSR count). The Hall–Kier alpha value is -1.59. The number of carbonyl (C=O) groups is 1. The van der Waals surface area contributed by atoms with Crippen molar-refractivity contribution in [2.24, 2.45) is 0 Å². The van der Waals surface area contributed by atoms with Gasteiger partial charge in [0.15, 0.2) is 6.29 Å². The summed E-state index contributed by atoms with van der Waals surface area (Å²) in [6, 6.07) is -0.813. The van der Waals surface area contributed by atoms with Crippen molar-refractivity contribution in [3.8, 4) is 0 Å². The second-order valence-electron chi connectivity index (χ2n) is 21.9. The van der Waals surface area contributed by atoms with Gasteiger partial charge in [-0.05, 0) is 51.4 Å². The van der Waals surface area contributed by atoms with Crippen molar-refractivity contribution in [2.45, 2.75) is 346 Å². The van der Waals surface area contributed by atoms with Crippen molar-refractivity contribution in [2.75, 3.05) is 13.2 Å². The van der Waals surface area contributed by atoms with Crippen LogP contribution >= 0.6 is 0 Å². The van der Waals surface area contributed by atoms with Gasteiger partial charge < -0.3 is 40.3 Å². The first-order valence-corrected chi connectivity index (χ1v) is 31.2. The van der Waals surface area contributed by atoms with Gasteiger partial charge in [-0.15, -0.1) is 0 Å². The van der Waals surface area contributed by atoms with E-state index in [9.17, 15) is 30.3 Å². The van der Waals surface area contributed by atoms with Crippen LogP contribution in [0.2, 0.25) is 0 Å². The summed E-state index contributed by atoms with van der Waals surface area (Å²) in [5.41, 5.74) is 0. The molecule has 0 aromatic heterocycles. The van der Waals surface area contributed by atoms with Crippen molar-refractivity contribution in [1.82, 2.24) is 5.32 Å². The third kappa shape index (κ3) is 41.6. The van der Waals surface area contributed by atoms with Crippen LogP contribution in [0, 0.1) is 0 Å². The van der Waals surface area contributed by atoms with Crippen molar-refractivity contribution in [3.63, 3.8) is 0 Å². The SMILES string of the molecule is CCCCCC/C=C\C/C=C\CCCCCCCC(=O)NC(COC1OC(CO)C(O)C(O)C1O)C(O)/C=C/CCCCCCCCCCCCCCCCCCCCCCCCCCCCCCCCC. The Morgan fingerprint density at radius 1 is 0.472 bits per heavy atom. The highest BCUT2D eigenvalue weighted by atomic mass is 16.7. The van der Waals surface area contributed by atoms with E-state index in [2.05, 4.69) is 43.5 Å². The van der Waals surface area contributed by atoms with Gasteiger partial charge in [0.05, 0.1) is 25.4 Å². The second-order valence-corrected chi connectivity index (χ2v) is 21.9. The lowest BCUT2D eigenvalue weighted by molar-refractivity contribution is -0.302. The van der Waals surface area contributed by atoms with Gasteiger partial charge in [0.2, 0.25) is 5.91 Å². The van der Waals surface area contributed by atoms with Crippen LogP contribution < -0.4 is 5.32 Å². The molecule has 0 radical (unpaired) electrons. The Balaban J connectivity index is 2.13. The molecule has 7 unspecified atom stereocenters. The molecule has 1 aliphatic heterocycles. The normalized spacial score (nSPS) is 19.3. The highest BCUT2D eigenvalue weighted by Gasteiger charge is 2.44. The van der Waals surface area contributed by atoms with Crippen molar-refractivity contribution in [3.05, 3.63) is 36.5 Å². The van der Waals surface area contributed by atoms with Gasteiger partial charge in [-0.1, -0.05) is 281 Å². The smallest absolute Gasteiger partial charge is 0.220 e. The van der Waals surface area contributed by atoms with E-state index >= 15 is 0 Å². The molecule has 0 aromatic carbocycles. The maximum absolute atomic E-state index is 13.0. The largest absolute Gasteiger partial charge is 0.394 e. The number of rotatable bonds is 54. The maximum Gasteiger partial charge on any atom is 0.220 e. The third-order valence-corrected chi connectivity index (χ3v) is 15.0. The molecule has 9 heteroatoms. The Morgan fingerprint density at radius 3 is 1.21 bits per heavy atom. The quantitative estimate of drug-likeness (QED) is 0.0261. The maximum atomic E-state index is 13.0. The minimum atomic E-state index is -1.57. The van der Waals surface area contributed by atoms with Crippen LogP contribution in [0.25, 0.3) is 0 Å². The minimum absolute atomic E-state index is 0.188. The van der Waals surface area contributed by atoms with Gasteiger partial charge in [0.25, 0.3) is 0 Å². The first-order chi connectivity index (χ1) is 35.3. The number of hydrogen-bond donors (Lipinski definition) is 6. The van der Waals surface area contributed by atoms with Gasteiger partial charge in [-0.2, -0.15) is 0 Å². The number of ether oxygens (including phenoxy) is 2. The summed E-state index contributed by atoms with van der Waals surface area (Å²) in [7, 11) is 0. The number of nitrogens with one attached hydrogen (secondary N) is 1. The number of allylic oxidation sites excluding steroid dienone is 5. The zero-order chi connectivity index (χ0) is 52.2. The predicted octanol–water partition coefficient (Wildman–Crippen LogP) is 15.9. The van der Waals surface area contributed by atoms with E-state index < -0.39 is 49.5 Å². The molecule has 0 aliphatic carbocycles. The van der Waals surface area contributed by atoms with Gasteiger partial charge in [-0.3, -0.25) is 4.79 Å². The number of aliphatic hydroxyl groups excluding tert-OH is 5. The molecule has 1 fully saturated rings. The Labute approximate surface area is 444 Å². The topological polar surface area (TPSA) is 149 Å². The summed E-state index contributed by atoms with van der Waals surface area (Å²) in [4.78, 5) is 13.0. The van der Waals surface area contributed by atoms with Crippen LogP contribution in [0.3, 0.4) is 0 Å². The van der Waals surface area contributed by atoms with Crippen LogP contribution in [0.1, 0.15) is 303 Å². The van der Waals surface area contributed by atoms with Crippen molar-refractivity contribution >= 4 is 5.91 Å². The van der Waals surface area contributed by atoms with E-state index in [0.29, 0.717) is 6.42 Å². The summed E-state index contributed by atoms with van der Waals surface area (Å²) < 4.78 is 11.3. The minimum Gasteiger partial charge on any atom is -0.394 e. The molecular weight excluding hydrogens is 899 g/mol. The zero-order valence-corrected chi connectivity index (χ0v) is 47.2. The molecule has 9 nitrogen and oxygen atoms in total. The lowest BCUT2D eigenvalue weighted by Gasteiger charge is -2.40. The molecule has 7 atom stereocenters. The molecule has 1 saturated heterocycles. The van der Waals surface area contributed by atoms with Crippen LogP contribution in [-0.4, -0.2) is 87.5 Å². The van der Waals surface area contributed by atoms with E-state index in [0.717, 1.165) is 64.2 Å². The van der Waals surface area contributed by atoms with Crippen LogP contribution in [0.5, 0.6) is 0 Å². The van der Waals surface area contributed by atoms with Crippen LogP contribution in [-0.2, 0) is 14.3 Å². The van der Waals surface area contributed by atoms with E-state index in [1.807, 2.05) is 6.08 Å². The van der Waals surface area contributed by atoms with Gasteiger partial charge in [-0.25, -0.2) is 0 Å². The molecule has 72 heavy (non-hydrogen) atoms. The molecule has 1 heterocycles. The average Bonchev–Trinajstić information content (AvgIpc) is 3.38. The first-order valence-electron chi connectivity index (χ1n) is 31.2.